The summed E-state index contributed by atoms with van der Waals surface area (Å²) in [6.07, 6.45) is 1.06. The molecule has 0 unspecified atom stereocenters. The van der Waals surface area contributed by atoms with E-state index in [9.17, 15) is 14.0 Å². The second-order valence-electron chi connectivity index (χ2n) is 7.17. The molecule has 0 saturated heterocycles. The minimum atomic E-state index is -1.01. The molecule has 1 aliphatic heterocycles. The van der Waals surface area contributed by atoms with Crippen LogP contribution in [0.25, 0.3) is 5.65 Å². The molecule has 1 fully saturated rings. The van der Waals surface area contributed by atoms with E-state index in [0.29, 0.717) is 17.6 Å². The van der Waals surface area contributed by atoms with Gasteiger partial charge in [-0.2, -0.15) is 4.98 Å². The Kier molecular flexibility index (Phi) is 3.77. The molecular weight excluding hydrogens is 429 g/mol. The fourth-order valence-electron chi connectivity index (χ4n) is 3.84. The van der Waals surface area contributed by atoms with Gasteiger partial charge in [0, 0.05) is 28.2 Å². The number of halogens is 2. The van der Waals surface area contributed by atoms with Gasteiger partial charge in [0.05, 0.1) is 0 Å². The van der Waals surface area contributed by atoms with Crippen LogP contribution < -0.4 is 5.32 Å². The van der Waals surface area contributed by atoms with Crippen molar-refractivity contribution >= 4 is 39.3 Å². The molecule has 2 aliphatic rings. The van der Waals surface area contributed by atoms with E-state index >= 15 is 0 Å². The number of carbonyl (C=O) groups is 2. The first kappa shape index (κ1) is 17.3. The number of carbonyl (C=O) groups excluding carboxylic acids is 2. The van der Waals surface area contributed by atoms with Crippen LogP contribution in [0.2, 0.25) is 0 Å². The lowest BCUT2D eigenvalue weighted by molar-refractivity contribution is -0.117. The maximum absolute atomic E-state index is 14.3. The number of pyridine rings is 1. The molecule has 1 saturated carbocycles. The van der Waals surface area contributed by atoms with Gasteiger partial charge in [0.25, 0.3) is 5.91 Å². The van der Waals surface area contributed by atoms with Gasteiger partial charge in [-0.3, -0.25) is 14.9 Å². The van der Waals surface area contributed by atoms with Gasteiger partial charge < -0.3 is 4.90 Å². The summed E-state index contributed by atoms with van der Waals surface area (Å²) >= 11 is 3.39. The monoisotopic (exact) mass is 443 g/mol. The number of alkyl halides is 1. The number of hydrogen-bond donors (Lipinski definition) is 1. The Morgan fingerprint density at radius 2 is 2.18 bits per heavy atom. The van der Waals surface area contributed by atoms with Gasteiger partial charge in [-0.05, 0) is 42.3 Å². The number of amides is 2. The molecule has 3 heterocycles. The quantitative estimate of drug-likeness (QED) is 0.674. The average Bonchev–Trinajstić information content (AvgIpc) is 3.12. The predicted molar refractivity (Wildman–Crippen MR) is 103 cm³/mol. The zero-order chi connectivity index (χ0) is 19.5. The molecule has 142 valence electrons. The van der Waals surface area contributed by atoms with Crippen LogP contribution in [0.4, 0.5) is 10.3 Å². The summed E-state index contributed by atoms with van der Waals surface area (Å²) in [7, 11) is 0. The molecule has 1 spiro atoms. The molecule has 1 aliphatic carbocycles. The van der Waals surface area contributed by atoms with E-state index in [1.807, 2.05) is 12.1 Å². The molecule has 2 aromatic heterocycles. The van der Waals surface area contributed by atoms with Crippen molar-refractivity contribution in [3.05, 3.63) is 58.2 Å². The molecule has 0 bridgehead atoms. The summed E-state index contributed by atoms with van der Waals surface area (Å²) < 4.78 is 16.6. The average molecular weight is 444 g/mol. The van der Waals surface area contributed by atoms with Crippen molar-refractivity contribution in [1.29, 1.82) is 0 Å². The maximum Gasteiger partial charge on any atom is 0.254 e. The number of anilines is 1. The van der Waals surface area contributed by atoms with E-state index in [1.165, 1.54) is 4.90 Å². The molecule has 3 aromatic rings. The van der Waals surface area contributed by atoms with Gasteiger partial charge in [-0.15, -0.1) is 5.10 Å². The Morgan fingerprint density at radius 1 is 1.36 bits per heavy atom. The predicted octanol–water partition coefficient (Wildman–Crippen LogP) is 2.57. The first-order valence-electron chi connectivity index (χ1n) is 8.81. The van der Waals surface area contributed by atoms with E-state index < -0.39 is 17.5 Å². The summed E-state index contributed by atoms with van der Waals surface area (Å²) in [5, 5.41) is 6.78. The fourth-order valence-corrected chi connectivity index (χ4v) is 4.20. The largest absolute Gasteiger partial charge is 0.328 e. The second-order valence-corrected chi connectivity index (χ2v) is 8.08. The number of nitrogens with one attached hydrogen (secondary N) is 1. The SMILES string of the molecule is O=C(CN1C[C@]2(C[C@H]2F)c2cc(Br)ccc2C1=O)Nc1nc2ccccn2n1. The molecule has 1 aromatic carbocycles. The molecule has 9 heteroatoms. The molecule has 7 nitrogen and oxygen atoms in total. The van der Waals surface area contributed by atoms with Crippen LogP contribution >= 0.6 is 15.9 Å². The van der Waals surface area contributed by atoms with E-state index in [-0.39, 0.29) is 24.9 Å². The Balaban J connectivity index is 1.37. The third-order valence-electron chi connectivity index (χ3n) is 5.32. The Labute approximate surface area is 167 Å². The third-order valence-corrected chi connectivity index (χ3v) is 5.81. The van der Waals surface area contributed by atoms with Crippen LogP contribution in [-0.4, -0.2) is 50.6 Å². The summed E-state index contributed by atoms with van der Waals surface area (Å²) in [5.74, 6) is -0.532. The molecule has 28 heavy (non-hydrogen) atoms. The van der Waals surface area contributed by atoms with Crippen LogP contribution in [-0.2, 0) is 10.2 Å². The number of benzene rings is 1. The summed E-state index contributed by atoms with van der Waals surface area (Å²) in [4.78, 5) is 31.0. The number of rotatable bonds is 3. The van der Waals surface area contributed by atoms with E-state index in [2.05, 4.69) is 31.3 Å². The number of aromatic nitrogens is 3. The van der Waals surface area contributed by atoms with Crippen LogP contribution in [0.1, 0.15) is 22.3 Å². The van der Waals surface area contributed by atoms with Crippen LogP contribution in [0.5, 0.6) is 0 Å². The van der Waals surface area contributed by atoms with Gasteiger partial charge in [0.15, 0.2) is 5.65 Å². The van der Waals surface area contributed by atoms with Crippen LogP contribution in [0, 0.1) is 0 Å². The lowest BCUT2D eigenvalue weighted by Crippen LogP contribution is -2.47. The van der Waals surface area contributed by atoms with Gasteiger partial charge in [-0.1, -0.05) is 22.0 Å². The molecule has 1 N–H and O–H groups in total. The van der Waals surface area contributed by atoms with Gasteiger partial charge in [0.2, 0.25) is 11.9 Å². The van der Waals surface area contributed by atoms with Gasteiger partial charge in [0.1, 0.15) is 12.7 Å². The van der Waals surface area contributed by atoms with Crippen molar-refractivity contribution in [2.75, 3.05) is 18.4 Å². The standard InChI is InChI=1S/C19H15BrFN5O2/c20-11-4-5-12-13(7-11)19(8-14(19)21)10-25(17(12)28)9-16(27)23-18-22-15-3-1-2-6-26(15)24-18/h1-7,14H,8-10H2,(H,23,24,27)/t14-,19-/m1/s1. The highest BCUT2D eigenvalue weighted by molar-refractivity contribution is 9.10. The lowest BCUT2D eigenvalue weighted by Gasteiger charge is -2.34. The fraction of sp³-hybridized carbons (Fsp3) is 0.263. The summed E-state index contributed by atoms with van der Waals surface area (Å²) in [6.45, 7) is 0.000821. The minimum absolute atomic E-state index is 0.162. The molecule has 2 atom stereocenters. The lowest BCUT2D eigenvalue weighted by atomic mass is 9.86. The third kappa shape index (κ3) is 2.69. The highest BCUT2D eigenvalue weighted by atomic mass is 79.9. The van der Waals surface area contributed by atoms with Crippen molar-refractivity contribution < 1.29 is 14.0 Å². The zero-order valence-electron chi connectivity index (χ0n) is 14.6. The van der Waals surface area contributed by atoms with Gasteiger partial charge in [-0.25, -0.2) is 8.91 Å². The van der Waals surface area contributed by atoms with E-state index in [0.717, 1.165) is 10.0 Å². The Hall–Kier alpha value is -2.81. The minimum Gasteiger partial charge on any atom is -0.328 e. The van der Waals surface area contributed by atoms with Gasteiger partial charge >= 0.3 is 0 Å². The van der Waals surface area contributed by atoms with E-state index in [1.54, 1.807) is 35.0 Å². The molecule has 5 rings (SSSR count). The van der Waals surface area contributed by atoms with Crippen LogP contribution in [0.3, 0.4) is 0 Å². The number of nitrogens with zero attached hydrogens (tertiary/aromatic N) is 4. The maximum atomic E-state index is 14.3. The molecule has 0 radical (unpaired) electrons. The van der Waals surface area contributed by atoms with Crippen molar-refractivity contribution in [2.45, 2.75) is 18.0 Å². The number of hydrogen-bond acceptors (Lipinski definition) is 4. The summed E-state index contributed by atoms with van der Waals surface area (Å²) in [5.41, 5.74) is 1.06. The molecule has 2 amide bonds. The normalized spacial score (nSPS) is 23.1. The molecular formula is C19H15BrFN5O2. The highest BCUT2D eigenvalue weighted by Gasteiger charge is 2.61. The zero-order valence-corrected chi connectivity index (χ0v) is 16.2. The van der Waals surface area contributed by atoms with Crippen molar-refractivity contribution in [1.82, 2.24) is 19.5 Å². The number of fused-ring (bicyclic) bond motifs is 3. The Bertz CT molecular complexity index is 1100. The first-order valence-corrected chi connectivity index (χ1v) is 9.60. The van der Waals surface area contributed by atoms with E-state index in [4.69, 9.17) is 0 Å². The highest BCUT2D eigenvalue weighted by Crippen LogP contribution is 2.54. The topological polar surface area (TPSA) is 79.6 Å². The second kappa shape index (κ2) is 6.10. The van der Waals surface area contributed by atoms with Crippen LogP contribution in [0.15, 0.2) is 47.1 Å². The van der Waals surface area contributed by atoms with Crippen molar-refractivity contribution in [3.8, 4) is 0 Å². The smallest absolute Gasteiger partial charge is 0.254 e. The summed E-state index contributed by atoms with van der Waals surface area (Å²) in [6, 6.07) is 10.6. The van der Waals surface area contributed by atoms with Crippen molar-refractivity contribution in [2.24, 2.45) is 0 Å². The first-order chi connectivity index (χ1) is 13.5. The Morgan fingerprint density at radius 3 is 2.93 bits per heavy atom. The van der Waals surface area contributed by atoms with Crippen molar-refractivity contribution in [3.63, 3.8) is 0 Å².